The normalized spacial score (nSPS) is 10.9. The number of carboxylic acids is 1. The number of ether oxygens (including phenoxy) is 1. The van der Waals surface area contributed by atoms with Gasteiger partial charge in [0.2, 0.25) is 0 Å². The number of nitrogens with zero attached hydrogens (tertiary/aromatic N) is 1. The van der Waals surface area contributed by atoms with Crippen LogP contribution < -0.4 is 4.74 Å². The summed E-state index contributed by atoms with van der Waals surface area (Å²) in [6.45, 7) is 5.27. The molecule has 0 atom stereocenters. The smallest absolute Gasteiger partial charge is 0.317 e. The van der Waals surface area contributed by atoms with Crippen LogP contribution in [-0.4, -0.2) is 29.6 Å². The van der Waals surface area contributed by atoms with Gasteiger partial charge in [0, 0.05) is 6.54 Å². The Morgan fingerprint density at radius 1 is 1.00 bits per heavy atom. The summed E-state index contributed by atoms with van der Waals surface area (Å²) >= 11 is 0. The maximum atomic E-state index is 10.8. The zero-order chi connectivity index (χ0) is 20.8. The highest BCUT2D eigenvalue weighted by atomic mass is 16.5. The van der Waals surface area contributed by atoms with Crippen LogP contribution in [0.1, 0.15) is 22.3 Å². The number of rotatable bonds is 8. The SMILES string of the molecule is Cc1cc(CN(C)CC(=O)O)ccc1OCc1cccc(-c2ccccc2)c1C. The van der Waals surface area contributed by atoms with Gasteiger partial charge in [-0.05, 0) is 60.3 Å². The molecule has 3 rings (SSSR count). The fourth-order valence-electron chi connectivity index (χ4n) is 3.50. The molecule has 0 heterocycles. The number of aliphatic carboxylic acids is 1. The molecule has 0 bridgehead atoms. The number of carbonyl (C=O) groups is 1. The molecule has 0 aliphatic rings. The molecule has 0 amide bonds. The lowest BCUT2D eigenvalue weighted by molar-refractivity contribution is -0.138. The summed E-state index contributed by atoms with van der Waals surface area (Å²) in [6, 6.07) is 22.7. The summed E-state index contributed by atoms with van der Waals surface area (Å²) < 4.78 is 6.11. The van der Waals surface area contributed by atoms with E-state index in [1.807, 2.05) is 25.1 Å². The molecule has 4 heteroatoms. The highest BCUT2D eigenvalue weighted by Crippen LogP contribution is 2.27. The Hall–Kier alpha value is -3.11. The van der Waals surface area contributed by atoms with Gasteiger partial charge < -0.3 is 9.84 Å². The molecular formula is C25H27NO3. The van der Waals surface area contributed by atoms with Gasteiger partial charge in [0.05, 0.1) is 6.54 Å². The first-order chi connectivity index (χ1) is 13.9. The molecule has 1 N–H and O–H groups in total. The number of carboxylic acid groups (broad SMARTS) is 1. The van der Waals surface area contributed by atoms with E-state index in [1.54, 1.807) is 11.9 Å². The van der Waals surface area contributed by atoms with E-state index in [1.165, 1.54) is 16.7 Å². The maximum Gasteiger partial charge on any atom is 0.317 e. The standard InChI is InChI=1S/C25H27NO3/c1-18-14-20(15-26(3)16-25(27)28)12-13-24(18)29-17-22-10-7-11-23(19(22)2)21-8-5-4-6-9-21/h4-14H,15-17H2,1-3H3,(H,27,28). The summed E-state index contributed by atoms with van der Waals surface area (Å²) in [6.07, 6.45) is 0. The minimum atomic E-state index is -0.822. The molecule has 0 saturated heterocycles. The molecule has 150 valence electrons. The average molecular weight is 389 g/mol. The lowest BCUT2D eigenvalue weighted by Crippen LogP contribution is -2.25. The monoisotopic (exact) mass is 389 g/mol. The topological polar surface area (TPSA) is 49.8 Å². The van der Waals surface area contributed by atoms with Crippen molar-refractivity contribution in [1.82, 2.24) is 4.90 Å². The van der Waals surface area contributed by atoms with Gasteiger partial charge in [0.25, 0.3) is 0 Å². The summed E-state index contributed by atoms with van der Waals surface area (Å²) in [7, 11) is 1.80. The summed E-state index contributed by atoms with van der Waals surface area (Å²) in [5.74, 6) is 0.0245. The Labute approximate surface area is 172 Å². The summed E-state index contributed by atoms with van der Waals surface area (Å²) in [5.41, 5.74) is 6.93. The molecule has 0 spiro atoms. The van der Waals surface area contributed by atoms with Gasteiger partial charge >= 0.3 is 5.97 Å². The Balaban J connectivity index is 1.70. The van der Waals surface area contributed by atoms with Crippen molar-refractivity contribution >= 4 is 5.97 Å². The third-order valence-electron chi connectivity index (χ3n) is 5.01. The van der Waals surface area contributed by atoms with Gasteiger partial charge in [-0.1, -0.05) is 60.7 Å². The fraction of sp³-hybridized carbons (Fsp3) is 0.240. The van der Waals surface area contributed by atoms with Crippen molar-refractivity contribution in [2.45, 2.75) is 27.0 Å². The second-order valence-corrected chi connectivity index (χ2v) is 7.41. The summed E-state index contributed by atoms with van der Waals surface area (Å²) in [5, 5.41) is 8.89. The third kappa shape index (κ3) is 5.46. The lowest BCUT2D eigenvalue weighted by atomic mass is 9.97. The first-order valence-corrected chi connectivity index (χ1v) is 9.70. The highest BCUT2D eigenvalue weighted by molar-refractivity contribution is 5.69. The van der Waals surface area contributed by atoms with Crippen LogP contribution in [0.2, 0.25) is 0 Å². The molecular weight excluding hydrogens is 362 g/mol. The highest BCUT2D eigenvalue weighted by Gasteiger charge is 2.09. The van der Waals surface area contributed by atoms with Crippen molar-refractivity contribution in [2.24, 2.45) is 0 Å². The van der Waals surface area contributed by atoms with Crippen molar-refractivity contribution in [3.8, 4) is 16.9 Å². The van der Waals surface area contributed by atoms with Crippen LogP contribution in [0, 0.1) is 13.8 Å². The van der Waals surface area contributed by atoms with E-state index >= 15 is 0 Å². The van der Waals surface area contributed by atoms with E-state index in [9.17, 15) is 4.79 Å². The van der Waals surface area contributed by atoms with Crippen molar-refractivity contribution in [2.75, 3.05) is 13.6 Å². The largest absolute Gasteiger partial charge is 0.489 e. The minimum absolute atomic E-state index is 0.0222. The molecule has 0 unspecified atom stereocenters. The minimum Gasteiger partial charge on any atom is -0.489 e. The van der Waals surface area contributed by atoms with Gasteiger partial charge in [-0.15, -0.1) is 0 Å². The van der Waals surface area contributed by atoms with Crippen LogP contribution in [0.25, 0.3) is 11.1 Å². The Morgan fingerprint density at radius 3 is 2.45 bits per heavy atom. The van der Waals surface area contributed by atoms with Crippen LogP contribution in [0.4, 0.5) is 0 Å². The zero-order valence-corrected chi connectivity index (χ0v) is 17.2. The second kappa shape index (κ2) is 9.39. The zero-order valence-electron chi connectivity index (χ0n) is 17.2. The molecule has 4 nitrogen and oxygen atoms in total. The lowest BCUT2D eigenvalue weighted by Gasteiger charge is -2.17. The fourth-order valence-corrected chi connectivity index (χ4v) is 3.50. The number of aryl methyl sites for hydroxylation is 1. The van der Waals surface area contributed by atoms with Gasteiger partial charge in [0.15, 0.2) is 0 Å². The molecule has 0 aliphatic carbocycles. The Bertz CT molecular complexity index is 983. The van der Waals surface area contributed by atoms with Crippen LogP contribution in [0.5, 0.6) is 5.75 Å². The molecule has 0 saturated carbocycles. The Kier molecular flexibility index (Phi) is 6.68. The van der Waals surface area contributed by atoms with Gasteiger partial charge in [-0.25, -0.2) is 0 Å². The van der Waals surface area contributed by atoms with Crippen molar-refractivity contribution in [3.05, 3.63) is 89.0 Å². The first kappa shape index (κ1) is 20.6. The second-order valence-electron chi connectivity index (χ2n) is 7.41. The molecule has 0 aromatic heterocycles. The van der Waals surface area contributed by atoms with E-state index in [4.69, 9.17) is 9.84 Å². The van der Waals surface area contributed by atoms with Gasteiger partial charge in [-0.2, -0.15) is 0 Å². The van der Waals surface area contributed by atoms with Gasteiger partial charge in [-0.3, -0.25) is 9.69 Å². The van der Waals surface area contributed by atoms with Crippen LogP contribution >= 0.6 is 0 Å². The molecule has 3 aromatic rings. The van der Waals surface area contributed by atoms with E-state index in [0.29, 0.717) is 13.2 Å². The predicted molar refractivity (Wildman–Crippen MR) is 116 cm³/mol. The summed E-state index contributed by atoms with van der Waals surface area (Å²) in [4.78, 5) is 12.6. The van der Waals surface area contributed by atoms with Crippen molar-refractivity contribution in [1.29, 1.82) is 0 Å². The van der Waals surface area contributed by atoms with Gasteiger partial charge in [0.1, 0.15) is 12.4 Å². The van der Waals surface area contributed by atoms with Crippen molar-refractivity contribution in [3.63, 3.8) is 0 Å². The number of likely N-dealkylation sites (N-methyl/N-ethyl adjacent to an activating group) is 1. The first-order valence-electron chi connectivity index (χ1n) is 9.70. The number of benzene rings is 3. The number of hydrogen-bond donors (Lipinski definition) is 1. The van der Waals surface area contributed by atoms with E-state index in [2.05, 4.69) is 55.5 Å². The van der Waals surface area contributed by atoms with Crippen LogP contribution in [0.15, 0.2) is 66.7 Å². The molecule has 29 heavy (non-hydrogen) atoms. The molecule has 0 fully saturated rings. The maximum absolute atomic E-state index is 10.8. The van der Waals surface area contributed by atoms with E-state index < -0.39 is 5.97 Å². The molecule has 3 aromatic carbocycles. The van der Waals surface area contributed by atoms with Crippen molar-refractivity contribution < 1.29 is 14.6 Å². The van der Waals surface area contributed by atoms with Crippen LogP contribution in [-0.2, 0) is 17.9 Å². The third-order valence-corrected chi connectivity index (χ3v) is 5.01. The quantitative estimate of drug-likeness (QED) is 0.585. The Morgan fingerprint density at radius 2 is 1.76 bits per heavy atom. The average Bonchev–Trinajstić information content (AvgIpc) is 2.68. The molecule has 0 radical (unpaired) electrons. The number of hydrogen-bond acceptors (Lipinski definition) is 3. The van der Waals surface area contributed by atoms with E-state index in [0.717, 1.165) is 22.4 Å². The predicted octanol–water partition coefficient (Wildman–Crippen LogP) is 5.07. The van der Waals surface area contributed by atoms with Crippen LogP contribution in [0.3, 0.4) is 0 Å². The van der Waals surface area contributed by atoms with E-state index in [-0.39, 0.29) is 6.54 Å². The molecule has 0 aliphatic heterocycles.